The van der Waals surface area contributed by atoms with Crippen molar-refractivity contribution in [3.63, 3.8) is 0 Å². The fraction of sp³-hybridized carbons (Fsp3) is 0.500. The largest absolute Gasteiger partial charge is 0.389 e. The Morgan fingerprint density at radius 1 is 1.53 bits per heavy atom. The van der Waals surface area contributed by atoms with Crippen LogP contribution in [0.15, 0.2) is 18.2 Å². The van der Waals surface area contributed by atoms with Crippen molar-refractivity contribution < 1.29 is 0 Å². The van der Waals surface area contributed by atoms with Crippen molar-refractivity contribution in [3.05, 3.63) is 28.8 Å². The number of rotatable bonds is 3. The summed E-state index contributed by atoms with van der Waals surface area (Å²) in [6, 6.07) is 6.29. The minimum atomic E-state index is 0.358. The van der Waals surface area contributed by atoms with E-state index in [1.54, 1.807) is 0 Å². The van der Waals surface area contributed by atoms with Crippen LogP contribution in [-0.2, 0) is 0 Å². The standard InChI is InChI=1S/C14H20ClN3S/c1-17-8-4-5-10(9-17)18(2)12-7-3-6-11(15)13(12)14(16)19/h3,6-7,10H,4-5,8-9H2,1-2H3,(H2,16,19). The minimum absolute atomic E-state index is 0.358. The van der Waals surface area contributed by atoms with Gasteiger partial charge in [0.05, 0.1) is 10.6 Å². The molecule has 1 fully saturated rings. The Hall–Kier alpha value is -0.840. The predicted molar refractivity (Wildman–Crippen MR) is 86.3 cm³/mol. The summed E-state index contributed by atoms with van der Waals surface area (Å²) >= 11 is 11.4. The first-order valence-electron chi connectivity index (χ1n) is 6.50. The number of anilines is 1. The van der Waals surface area contributed by atoms with Gasteiger partial charge in [0.1, 0.15) is 4.99 Å². The fourth-order valence-corrected chi connectivity index (χ4v) is 3.24. The molecule has 104 valence electrons. The lowest BCUT2D eigenvalue weighted by atomic mass is 10.0. The molecule has 3 nitrogen and oxygen atoms in total. The van der Waals surface area contributed by atoms with Gasteiger partial charge in [0.2, 0.25) is 0 Å². The summed E-state index contributed by atoms with van der Waals surface area (Å²) in [6.07, 6.45) is 2.40. The van der Waals surface area contributed by atoms with Crippen LogP contribution in [-0.4, -0.2) is 43.1 Å². The van der Waals surface area contributed by atoms with Crippen LogP contribution >= 0.6 is 23.8 Å². The quantitative estimate of drug-likeness (QED) is 0.869. The van der Waals surface area contributed by atoms with Gasteiger partial charge in [-0.3, -0.25) is 0 Å². The van der Waals surface area contributed by atoms with Gasteiger partial charge in [-0.25, -0.2) is 0 Å². The summed E-state index contributed by atoms with van der Waals surface area (Å²) in [4.78, 5) is 4.97. The highest BCUT2D eigenvalue weighted by molar-refractivity contribution is 7.80. The smallest absolute Gasteiger partial charge is 0.107 e. The van der Waals surface area contributed by atoms with E-state index in [1.807, 2.05) is 18.2 Å². The van der Waals surface area contributed by atoms with Crippen molar-refractivity contribution in [3.8, 4) is 0 Å². The number of likely N-dealkylation sites (tertiary alicyclic amines) is 1. The number of piperidine rings is 1. The molecule has 2 N–H and O–H groups in total. The molecule has 1 aromatic rings. The number of likely N-dealkylation sites (N-methyl/N-ethyl adjacent to an activating group) is 2. The van der Waals surface area contributed by atoms with Crippen molar-refractivity contribution in [2.24, 2.45) is 5.73 Å². The van der Waals surface area contributed by atoms with Gasteiger partial charge in [-0.2, -0.15) is 0 Å². The Kier molecular flexibility index (Phi) is 4.66. The van der Waals surface area contributed by atoms with Crippen molar-refractivity contribution in [1.29, 1.82) is 0 Å². The molecule has 0 amide bonds. The third-order valence-corrected chi connectivity index (χ3v) is 4.28. The maximum atomic E-state index is 6.23. The average Bonchev–Trinajstić information content (AvgIpc) is 2.37. The van der Waals surface area contributed by atoms with Gasteiger partial charge in [-0.05, 0) is 38.6 Å². The number of benzene rings is 1. The summed E-state index contributed by atoms with van der Waals surface area (Å²) in [5.41, 5.74) is 7.63. The maximum Gasteiger partial charge on any atom is 0.107 e. The third-order valence-electron chi connectivity index (χ3n) is 3.77. The molecule has 0 aromatic heterocycles. The highest BCUT2D eigenvalue weighted by Gasteiger charge is 2.24. The highest BCUT2D eigenvalue weighted by atomic mass is 35.5. The first-order chi connectivity index (χ1) is 9.00. The lowest BCUT2D eigenvalue weighted by Crippen LogP contribution is -2.45. The molecule has 19 heavy (non-hydrogen) atoms. The van der Waals surface area contributed by atoms with Crippen LogP contribution in [0.25, 0.3) is 0 Å². The van der Waals surface area contributed by atoms with Gasteiger partial charge in [0, 0.05) is 25.3 Å². The Morgan fingerprint density at radius 3 is 2.89 bits per heavy atom. The van der Waals surface area contributed by atoms with Gasteiger partial charge in [0.15, 0.2) is 0 Å². The summed E-state index contributed by atoms with van der Waals surface area (Å²) in [5, 5.41) is 0.626. The van der Waals surface area contributed by atoms with Crippen molar-refractivity contribution in [2.75, 3.05) is 32.1 Å². The summed E-state index contributed by atoms with van der Waals surface area (Å²) in [5.74, 6) is 0. The highest BCUT2D eigenvalue weighted by Crippen LogP contribution is 2.29. The van der Waals surface area contributed by atoms with E-state index in [0.717, 1.165) is 17.8 Å². The van der Waals surface area contributed by atoms with E-state index in [1.165, 1.54) is 19.4 Å². The molecule has 0 radical (unpaired) electrons. The Bertz CT molecular complexity index is 478. The number of hydrogen-bond acceptors (Lipinski definition) is 3. The SMILES string of the molecule is CN1CCCC(N(C)c2cccc(Cl)c2C(N)=S)C1. The first-order valence-corrected chi connectivity index (χ1v) is 7.29. The molecule has 1 aliphatic rings. The zero-order valence-electron chi connectivity index (χ0n) is 11.4. The van der Waals surface area contributed by atoms with Crippen molar-refractivity contribution >= 4 is 34.5 Å². The molecule has 1 saturated heterocycles. The fourth-order valence-electron chi connectivity index (χ4n) is 2.70. The maximum absolute atomic E-state index is 6.23. The zero-order chi connectivity index (χ0) is 14.0. The zero-order valence-corrected chi connectivity index (χ0v) is 13.0. The van der Waals surface area contributed by atoms with E-state index >= 15 is 0 Å². The molecule has 1 atom stereocenters. The molecule has 0 bridgehead atoms. The number of nitrogens with two attached hydrogens (primary N) is 1. The Balaban J connectivity index is 2.30. The van der Waals surface area contributed by atoms with E-state index in [4.69, 9.17) is 29.6 Å². The number of nitrogens with zero attached hydrogens (tertiary/aromatic N) is 2. The Morgan fingerprint density at radius 2 is 2.26 bits per heavy atom. The van der Waals surface area contributed by atoms with Gasteiger partial charge in [-0.15, -0.1) is 0 Å². The molecule has 0 saturated carbocycles. The van der Waals surface area contributed by atoms with Crippen LogP contribution in [0.5, 0.6) is 0 Å². The lowest BCUT2D eigenvalue weighted by Gasteiger charge is -2.38. The van der Waals surface area contributed by atoms with Crippen LogP contribution in [0, 0.1) is 0 Å². The molecule has 0 aliphatic carbocycles. The second-order valence-electron chi connectivity index (χ2n) is 5.17. The number of thiocarbonyl (C=S) groups is 1. The van der Waals surface area contributed by atoms with Crippen LogP contribution in [0.4, 0.5) is 5.69 Å². The number of hydrogen-bond donors (Lipinski definition) is 1. The minimum Gasteiger partial charge on any atom is -0.389 e. The monoisotopic (exact) mass is 297 g/mol. The predicted octanol–water partition coefficient (Wildman–Crippen LogP) is 2.50. The molecule has 1 unspecified atom stereocenters. The number of halogens is 1. The second-order valence-corrected chi connectivity index (χ2v) is 6.01. The average molecular weight is 298 g/mol. The van der Waals surface area contributed by atoms with Crippen molar-refractivity contribution in [1.82, 2.24) is 4.90 Å². The molecule has 1 heterocycles. The van der Waals surface area contributed by atoms with Gasteiger partial charge >= 0.3 is 0 Å². The lowest BCUT2D eigenvalue weighted by molar-refractivity contribution is 0.248. The second kappa shape index (κ2) is 6.07. The molecular formula is C14H20ClN3S. The molecule has 1 aromatic carbocycles. The Labute approximate surface area is 125 Å². The van der Waals surface area contributed by atoms with Crippen LogP contribution in [0.2, 0.25) is 5.02 Å². The van der Waals surface area contributed by atoms with Crippen LogP contribution < -0.4 is 10.6 Å². The summed E-state index contributed by atoms with van der Waals surface area (Å²) < 4.78 is 0. The molecule has 2 rings (SSSR count). The third kappa shape index (κ3) is 3.19. The van der Waals surface area contributed by atoms with Crippen LogP contribution in [0.1, 0.15) is 18.4 Å². The van der Waals surface area contributed by atoms with E-state index in [0.29, 0.717) is 16.1 Å². The molecule has 0 spiro atoms. The van der Waals surface area contributed by atoms with Gasteiger partial charge in [-0.1, -0.05) is 29.9 Å². The van der Waals surface area contributed by atoms with E-state index in [9.17, 15) is 0 Å². The molecular weight excluding hydrogens is 278 g/mol. The van der Waals surface area contributed by atoms with E-state index in [2.05, 4.69) is 23.9 Å². The van der Waals surface area contributed by atoms with E-state index in [-0.39, 0.29) is 0 Å². The molecule has 1 aliphatic heterocycles. The molecule has 5 heteroatoms. The first kappa shape index (κ1) is 14.6. The summed E-state index contributed by atoms with van der Waals surface area (Å²) in [6.45, 7) is 2.22. The summed E-state index contributed by atoms with van der Waals surface area (Å²) in [7, 11) is 4.25. The normalized spacial score (nSPS) is 20.3. The van der Waals surface area contributed by atoms with Gasteiger partial charge < -0.3 is 15.5 Å². The van der Waals surface area contributed by atoms with Crippen LogP contribution in [0.3, 0.4) is 0 Å². The van der Waals surface area contributed by atoms with Gasteiger partial charge in [0.25, 0.3) is 0 Å². The topological polar surface area (TPSA) is 32.5 Å². The van der Waals surface area contributed by atoms with Crippen molar-refractivity contribution in [2.45, 2.75) is 18.9 Å². The van der Waals surface area contributed by atoms with E-state index < -0.39 is 0 Å².